The fourth-order valence-corrected chi connectivity index (χ4v) is 2.05. The van der Waals surface area contributed by atoms with Crippen LogP contribution in [0.2, 0.25) is 0 Å². The molecule has 0 amide bonds. The van der Waals surface area contributed by atoms with Crippen LogP contribution in [0.5, 0.6) is 0 Å². The predicted molar refractivity (Wildman–Crippen MR) is 81.4 cm³/mol. The molecular weight excluding hydrogens is 305 g/mol. The summed E-state index contributed by atoms with van der Waals surface area (Å²) in [6.07, 6.45) is -2.78. The molecule has 0 aliphatic heterocycles. The normalized spacial score (nSPS) is 11.5. The van der Waals surface area contributed by atoms with Crippen molar-refractivity contribution in [2.24, 2.45) is 0 Å². The van der Waals surface area contributed by atoms with Gasteiger partial charge < -0.3 is 9.73 Å². The lowest BCUT2D eigenvalue weighted by atomic mass is 10.1. The topological polar surface area (TPSA) is 38.1 Å². The van der Waals surface area contributed by atoms with Crippen LogP contribution in [0.25, 0.3) is 11.3 Å². The van der Waals surface area contributed by atoms with E-state index in [2.05, 4.69) is 10.3 Å². The SMILES string of the molecule is Cc1ccc(-c2cnc(Nc3ccc(C(F)(F)F)cc3)o2)cc1. The summed E-state index contributed by atoms with van der Waals surface area (Å²) in [6.45, 7) is 1.99. The minimum atomic E-state index is -4.35. The van der Waals surface area contributed by atoms with Crippen molar-refractivity contribution in [1.29, 1.82) is 0 Å². The Morgan fingerprint density at radius 3 is 2.22 bits per heavy atom. The fraction of sp³-hybridized carbons (Fsp3) is 0.118. The van der Waals surface area contributed by atoms with Crippen LogP contribution < -0.4 is 5.32 Å². The first-order valence-corrected chi connectivity index (χ1v) is 6.89. The van der Waals surface area contributed by atoms with Crippen molar-refractivity contribution in [2.45, 2.75) is 13.1 Å². The molecular formula is C17H13F3N2O. The van der Waals surface area contributed by atoms with Gasteiger partial charge in [-0.25, -0.2) is 4.98 Å². The molecule has 3 rings (SSSR count). The van der Waals surface area contributed by atoms with Crippen LogP contribution in [0.15, 0.2) is 59.1 Å². The highest BCUT2D eigenvalue weighted by Crippen LogP contribution is 2.30. The molecule has 0 aliphatic carbocycles. The second-order valence-electron chi connectivity index (χ2n) is 5.10. The Morgan fingerprint density at radius 2 is 1.61 bits per heavy atom. The zero-order chi connectivity index (χ0) is 16.4. The van der Waals surface area contributed by atoms with E-state index in [9.17, 15) is 13.2 Å². The van der Waals surface area contributed by atoms with Crippen LogP contribution >= 0.6 is 0 Å². The molecule has 0 saturated heterocycles. The number of hydrogen-bond donors (Lipinski definition) is 1. The van der Waals surface area contributed by atoms with Crippen LogP contribution in [0.4, 0.5) is 24.9 Å². The zero-order valence-electron chi connectivity index (χ0n) is 12.2. The molecule has 0 radical (unpaired) electrons. The second kappa shape index (κ2) is 5.79. The molecule has 0 fully saturated rings. The van der Waals surface area contributed by atoms with Gasteiger partial charge in [0.15, 0.2) is 5.76 Å². The van der Waals surface area contributed by atoms with Crippen LogP contribution in [-0.2, 0) is 6.18 Å². The molecule has 6 heteroatoms. The van der Waals surface area contributed by atoms with Crippen LogP contribution in [0, 0.1) is 6.92 Å². The van der Waals surface area contributed by atoms with E-state index in [0.717, 1.165) is 23.3 Å². The van der Waals surface area contributed by atoms with Crippen molar-refractivity contribution in [3.8, 4) is 11.3 Å². The summed E-state index contributed by atoms with van der Waals surface area (Å²) >= 11 is 0. The van der Waals surface area contributed by atoms with Crippen molar-refractivity contribution in [3.05, 3.63) is 65.9 Å². The predicted octanol–water partition coefficient (Wildman–Crippen LogP) is 5.41. The van der Waals surface area contributed by atoms with E-state index >= 15 is 0 Å². The number of oxazole rings is 1. The first-order valence-electron chi connectivity index (χ1n) is 6.89. The summed E-state index contributed by atoms with van der Waals surface area (Å²) in [6, 6.07) is 12.6. The van der Waals surface area contributed by atoms with Gasteiger partial charge in [-0.15, -0.1) is 0 Å². The Labute approximate surface area is 130 Å². The van der Waals surface area contributed by atoms with Crippen molar-refractivity contribution < 1.29 is 17.6 Å². The van der Waals surface area contributed by atoms with Gasteiger partial charge in [-0.3, -0.25) is 0 Å². The van der Waals surface area contributed by atoms with Gasteiger partial charge in [-0.2, -0.15) is 13.2 Å². The van der Waals surface area contributed by atoms with Gasteiger partial charge in [0.1, 0.15) is 0 Å². The van der Waals surface area contributed by atoms with E-state index in [1.54, 1.807) is 6.20 Å². The molecule has 0 saturated carbocycles. The van der Waals surface area contributed by atoms with E-state index < -0.39 is 11.7 Å². The molecule has 1 heterocycles. The van der Waals surface area contributed by atoms with Gasteiger partial charge in [0.25, 0.3) is 6.01 Å². The maximum Gasteiger partial charge on any atom is 0.416 e. The highest BCUT2D eigenvalue weighted by molar-refractivity contribution is 5.60. The maximum absolute atomic E-state index is 12.5. The third kappa shape index (κ3) is 3.53. The average Bonchev–Trinajstić information content (AvgIpc) is 2.96. The number of halogens is 3. The molecule has 3 nitrogen and oxygen atoms in total. The smallest absolute Gasteiger partial charge is 0.416 e. The highest BCUT2D eigenvalue weighted by atomic mass is 19.4. The quantitative estimate of drug-likeness (QED) is 0.701. The van der Waals surface area contributed by atoms with Crippen LogP contribution in [0.1, 0.15) is 11.1 Å². The van der Waals surface area contributed by atoms with Gasteiger partial charge in [0, 0.05) is 11.3 Å². The van der Waals surface area contributed by atoms with Crippen molar-refractivity contribution in [3.63, 3.8) is 0 Å². The van der Waals surface area contributed by atoms with E-state index in [-0.39, 0.29) is 6.01 Å². The fourth-order valence-electron chi connectivity index (χ4n) is 2.05. The van der Waals surface area contributed by atoms with Crippen LogP contribution in [0.3, 0.4) is 0 Å². The number of rotatable bonds is 3. The summed E-state index contributed by atoms with van der Waals surface area (Å²) in [5.74, 6) is 0.583. The molecule has 118 valence electrons. The van der Waals surface area contributed by atoms with E-state index in [0.29, 0.717) is 11.4 Å². The van der Waals surface area contributed by atoms with Crippen molar-refractivity contribution in [1.82, 2.24) is 4.98 Å². The van der Waals surface area contributed by atoms with Crippen molar-refractivity contribution in [2.75, 3.05) is 5.32 Å². The number of nitrogens with one attached hydrogen (secondary N) is 1. The minimum Gasteiger partial charge on any atom is -0.423 e. The zero-order valence-corrected chi connectivity index (χ0v) is 12.2. The number of benzene rings is 2. The highest BCUT2D eigenvalue weighted by Gasteiger charge is 2.29. The molecule has 1 N–H and O–H groups in total. The molecule has 0 aliphatic rings. The second-order valence-corrected chi connectivity index (χ2v) is 5.10. The Kier molecular flexibility index (Phi) is 3.82. The summed E-state index contributed by atoms with van der Waals surface area (Å²) < 4.78 is 43.1. The molecule has 1 aromatic heterocycles. The molecule has 2 aromatic carbocycles. The van der Waals surface area contributed by atoms with Crippen LogP contribution in [-0.4, -0.2) is 4.98 Å². The first-order chi connectivity index (χ1) is 10.9. The molecule has 0 unspecified atom stereocenters. The maximum atomic E-state index is 12.5. The average molecular weight is 318 g/mol. The molecule has 3 aromatic rings. The van der Waals surface area contributed by atoms with E-state index in [1.165, 1.54) is 12.1 Å². The third-order valence-corrected chi connectivity index (χ3v) is 3.31. The van der Waals surface area contributed by atoms with Gasteiger partial charge in [0.05, 0.1) is 11.8 Å². The molecule has 0 bridgehead atoms. The minimum absolute atomic E-state index is 0.223. The largest absolute Gasteiger partial charge is 0.423 e. The summed E-state index contributed by atoms with van der Waals surface area (Å²) in [4.78, 5) is 4.08. The monoisotopic (exact) mass is 318 g/mol. The lowest BCUT2D eigenvalue weighted by molar-refractivity contribution is -0.137. The third-order valence-electron chi connectivity index (χ3n) is 3.31. The first kappa shape index (κ1) is 15.1. The Bertz CT molecular complexity index is 790. The van der Waals surface area contributed by atoms with E-state index in [4.69, 9.17) is 4.42 Å². The number of alkyl halides is 3. The van der Waals surface area contributed by atoms with Gasteiger partial charge in [-0.05, 0) is 31.2 Å². The lowest BCUT2D eigenvalue weighted by Gasteiger charge is -2.07. The van der Waals surface area contributed by atoms with Gasteiger partial charge in [0.2, 0.25) is 0 Å². The number of nitrogens with zero attached hydrogens (tertiary/aromatic N) is 1. The molecule has 23 heavy (non-hydrogen) atoms. The number of aryl methyl sites for hydroxylation is 1. The lowest BCUT2D eigenvalue weighted by Crippen LogP contribution is -2.04. The number of hydrogen-bond acceptors (Lipinski definition) is 3. The molecule has 0 atom stereocenters. The summed E-state index contributed by atoms with van der Waals surface area (Å²) in [5, 5.41) is 2.84. The molecule has 0 spiro atoms. The Balaban J connectivity index is 1.75. The Morgan fingerprint density at radius 1 is 0.957 bits per heavy atom. The standard InChI is InChI=1S/C17H13F3N2O/c1-11-2-4-12(5-3-11)15-10-21-16(23-15)22-14-8-6-13(7-9-14)17(18,19)20/h2-10H,1H3,(H,21,22). The number of anilines is 2. The number of aromatic nitrogens is 1. The van der Waals surface area contributed by atoms with E-state index in [1.807, 2.05) is 31.2 Å². The van der Waals surface area contributed by atoms with Gasteiger partial charge >= 0.3 is 6.18 Å². The summed E-state index contributed by atoms with van der Waals surface area (Å²) in [7, 11) is 0. The van der Waals surface area contributed by atoms with Gasteiger partial charge in [-0.1, -0.05) is 29.8 Å². The Hall–Kier alpha value is -2.76. The van der Waals surface area contributed by atoms with Crippen molar-refractivity contribution >= 4 is 11.7 Å². The summed E-state index contributed by atoms with van der Waals surface area (Å²) in [5.41, 5.74) is 1.78.